The molecule has 1 fully saturated rings. The van der Waals surface area contributed by atoms with Crippen molar-refractivity contribution in [1.29, 1.82) is 0 Å². The number of methoxy groups -OCH3 is 1. The van der Waals surface area contributed by atoms with Crippen LogP contribution in [0.1, 0.15) is 17.5 Å². The Labute approximate surface area is 193 Å². The van der Waals surface area contributed by atoms with Crippen molar-refractivity contribution in [3.63, 3.8) is 0 Å². The van der Waals surface area contributed by atoms with Gasteiger partial charge in [0.1, 0.15) is 5.75 Å². The number of hydrogen-bond acceptors (Lipinski definition) is 4. The van der Waals surface area contributed by atoms with Gasteiger partial charge in [-0.1, -0.05) is 42.5 Å². The number of carbonyl (C=O) groups is 2. The zero-order valence-corrected chi connectivity index (χ0v) is 19.3. The van der Waals surface area contributed by atoms with Crippen LogP contribution in [-0.4, -0.2) is 44.0 Å². The van der Waals surface area contributed by atoms with Crippen molar-refractivity contribution in [2.75, 3.05) is 27.2 Å². The van der Waals surface area contributed by atoms with Crippen LogP contribution in [0, 0.1) is 5.41 Å². The average Bonchev–Trinajstić information content (AvgIpc) is 3.51. The molecule has 32 heavy (non-hydrogen) atoms. The lowest BCUT2D eigenvalue weighted by Gasteiger charge is -2.28. The molecular formula is C26H28N2O3S. The smallest absolute Gasteiger partial charge is 0.228 e. The SMILES string of the molecule is CNC(=O)[C@@]1(Cc2ccc(-c3ccsc3)cc2)CCN(C(=O)Cc2ccccc2OC)C1. The molecule has 5 nitrogen and oxygen atoms in total. The first-order valence-corrected chi connectivity index (χ1v) is 11.7. The average molecular weight is 449 g/mol. The van der Waals surface area contributed by atoms with Crippen LogP contribution < -0.4 is 10.1 Å². The van der Waals surface area contributed by atoms with Crippen LogP contribution in [0.2, 0.25) is 0 Å². The minimum atomic E-state index is -0.616. The van der Waals surface area contributed by atoms with E-state index in [2.05, 4.69) is 46.4 Å². The summed E-state index contributed by atoms with van der Waals surface area (Å²) in [6.07, 6.45) is 1.52. The summed E-state index contributed by atoms with van der Waals surface area (Å²) < 4.78 is 5.39. The summed E-state index contributed by atoms with van der Waals surface area (Å²) in [7, 11) is 3.28. The molecule has 1 atom stereocenters. The molecule has 0 radical (unpaired) electrons. The number of para-hydroxylation sites is 1. The van der Waals surface area contributed by atoms with Gasteiger partial charge in [0.2, 0.25) is 11.8 Å². The molecule has 0 bridgehead atoms. The summed E-state index contributed by atoms with van der Waals surface area (Å²) in [5, 5.41) is 7.03. The number of nitrogens with zero attached hydrogens (tertiary/aromatic N) is 1. The van der Waals surface area contributed by atoms with E-state index in [1.165, 1.54) is 11.1 Å². The zero-order chi connectivity index (χ0) is 22.6. The van der Waals surface area contributed by atoms with E-state index in [9.17, 15) is 9.59 Å². The Hall–Kier alpha value is -3.12. The van der Waals surface area contributed by atoms with Crippen molar-refractivity contribution >= 4 is 23.2 Å². The second kappa shape index (κ2) is 9.57. The second-order valence-electron chi connectivity index (χ2n) is 8.30. The summed E-state index contributed by atoms with van der Waals surface area (Å²) in [4.78, 5) is 27.8. The van der Waals surface area contributed by atoms with Gasteiger partial charge in [0.25, 0.3) is 0 Å². The zero-order valence-electron chi connectivity index (χ0n) is 18.5. The number of benzene rings is 2. The molecule has 6 heteroatoms. The van der Waals surface area contributed by atoms with E-state index in [1.54, 1.807) is 25.5 Å². The highest BCUT2D eigenvalue weighted by molar-refractivity contribution is 7.08. The third kappa shape index (κ3) is 4.55. The van der Waals surface area contributed by atoms with Gasteiger partial charge in [0.15, 0.2) is 0 Å². The number of nitrogens with one attached hydrogen (secondary N) is 1. The normalized spacial score (nSPS) is 17.9. The van der Waals surface area contributed by atoms with E-state index in [-0.39, 0.29) is 18.2 Å². The van der Waals surface area contributed by atoms with E-state index in [4.69, 9.17) is 4.74 Å². The largest absolute Gasteiger partial charge is 0.496 e. The highest BCUT2D eigenvalue weighted by atomic mass is 32.1. The number of thiophene rings is 1. The van der Waals surface area contributed by atoms with E-state index in [0.29, 0.717) is 31.7 Å². The second-order valence-corrected chi connectivity index (χ2v) is 9.08. The van der Waals surface area contributed by atoms with Crippen LogP contribution >= 0.6 is 11.3 Å². The molecule has 166 valence electrons. The summed E-state index contributed by atoms with van der Waals surface area (Å²) in [6, 6.07) is 18.1. The van der Waals surface area contributed by atoms with Gasteiger partial charge in [-0.25, -0.2) is 0 Å². The van der Waals surface area contributed by atoms with Crippen LogP contribution in [0.25, 0.3) is 11.1 Å². The third-order valence-electron chi connectivity index (χ3n) is 6.30. The molecule has 0 unspecified atom stereocenters. The lowest BCUT2D eigenvalue weighted by molar-refractivity contribution is -0.132. The number of hydrogen-bond donors (Lipinski definition) is 1. The molecule has 1 aliphatic heterocycles. The van der Waals surface area contributed by atoms with Gasteiger partial charge in [-0.05, 0) is 52.4 Å². The Bertz CT molecular complexity index is 1080. The van der Waals surface area contributed by atoms with Crippen molar-refractivity contribution in [3.05, 3.63) is 76.5 Å². The van der Waals surface area contributed by atoms with Gasteiger partial charge in [-0.15, -0.1) is 0 Å². The molecule has 4 rings (SSSR count). The van der Waals surface area contributed by atoms with Gasteiger partial charge in [0, 0.05) is 25.7 Å². The Morgan fingerprint density at radius 3 is 2.56 bits per heavy atom. The number of likely N-dealkylation sites (tertiary alicyclic amines) is 1. The quantitative estimate of drug-likeness (QED) is 0.590. The lowest BCUT2D eigenvalue weighted by atomic mass is 9.79. The van der Waals surface area contributed by atoms with E-state index in [1.807, 2.05) is 29.2 Å². The van der Waals surface area contributed by atoms with Crippen molar-refractivity contribution in [3.8, 4) is 16.9 Å². The Balaban J connectivity index is 1.49. The maximum atomic E-state index is 13.0. The molecule has 1 aliphatic rings. The first-order valence-electron chi connectivity index (χ1n) is 10.8. The van der Waals surface area contributed by atoms with Crippen molar-refractivity contribution in [2.24, 2.45) is 5.41 Å². The number of amides is 2. The lowest BCUT2D eigenvalue weighted by Crippen LogP contribution is -2.44. The number of carbonyl (C=O) groups excluding carboxylic acids is 2. The van der Waals surface area contributed by atoms with Crippen LogP contribution in [0.3, 0.4) is 0 Å². The Kier molecular flexibility index (Phi) is 6.61. The highest BCUT2D eigenvalue weighted by Crippen LogP contribution is 2.36. The summed E-state index contributed by atoms with van der Waals surface area (Å²) in [6.45, 7) is 1.00. The van der Waals surface area contributed by atoms with Gasteiger partial charge in [0.05, 0.1) is 18.9 Å². The molecule has 2 heterocycles. The standard InChI is InChI=1S/C26H28N2O3S/c1-27-25(30)26(16-19-7-9-20(10-8-19)22-11-14-32-17-22)12-13-28(18-26)24(29)15-21-5-3-4-6-23(21)31-2/h3-11,14,17H,12-13,15-16,18H2,1-2H3,(H,27,30)/t26-/m1/s1. The first kappa shape index (κ1) is 22.1. The molecular weight excluding hydrogens is 420 g/mol. The van der Waals surface area contributed by atoms with Crippen molar-refractivity contribution < 1.29 is 14.3 Å². The molecule has 2 amide bonds. The van der Waals surface area contributed by atoms with Gasteiger partial charge >= 0.3 is 0 Å². The molecule has 0 saturated carbocycles. The minimum Gasteiger partial charge on any atom is -0.496 e. The monoisotopic (exact) mass is 448 g/mol. The molecule has 1 aromatic heterocycles. The topological polar surface area (TPSA) is 58.6 Å². The highest BCUT2D eigenvalue weighted by Gasteiger charge is 2.45. The van der Waals surface area contributed by atoms with Crippen molar-refractivity contribution in [1.82, 2.24) is 10.2 Å². The van der Waals surface area contributed by atoms with E-state index in [0.717, 1.165) is 11.1 Å². The van der Waals surface area contributed by atoms with E-state index >= 15 is 0 Å². The molecule has 1 N–H and O–H groups in total. The fourth-order valence-corrected chi connectivity index (χ4v) is 5.18. The number of ether oxygens (including phenoxy) is 1. The Morgan fingerprint density at radius 1 is 1.09 bits per heavy atom. The molecule has 3 aromatic rings. The van der Waals surface area contributed by atoms with Gasteiger partial charge in [-0.3, -0.25) is 9.59 Å². The third-order valence-corrected chi connectivity index (χ3v) is 6.98. The van der Waals surface area contributed by atoms with Gasteiger partial charge in [-0.2, -0.15) is 11.3 Å². The summed E-state index contributed by atoms with van der Waals surface area (Å²) in [5.74, 6) is 0.725. The maximum absolute atomic E-state index is 13.0. The van der Waals surface area contributed by atoms with Crippen LogP contribution in [0.15, 0.2) is 65.4 Å². The fourth-order valence-electron chi connectivity index (χ4n) is 4.52. The summed E-state index contributed by atoms with van der Waals surface area (Å²) in [5.41, 5.74) is 3.73. The maximum Gasteiger partial charge on any atom is 0.228 e. The predicted molar refractivity (Wildman–Crippen MR) is 128 cm³/mol. The molecule has 1 saturated heterocycles. The molecule has 2 aromatic carbocycles. The van der Waals surface area contributed by atoms with Crippen LogP contribution in [0.4, 0.5) is 0 Å². The summed E-state index contributed by atoms with van der Waals surface area (Å²) >= 11 is 1.68. The van der Waals surface area contributed by atoms with Crippen LogP contribution in [-0.2, 0) is 22.4 Å². The van der Waals surface area contributed by atoms with Crippen molar-refractivity contribution in [2.45, 2.75) is 19.3 Å². The predicted octanol–water partition coefficient (Wildman–Crippen LogP) is 4.17. The Morgan fingerprint density at radius 2 is 1.88 bits per heavy atom. The minimum absolute atomic E-state index is 0.00740. The molecule has 0 spiro atoms. The number of rotatable bonds is 7. The first-order chi connectivity index (χ1) is 15.5. The van der Waals surface area contributed by atoms with Gasteiger partial charge < -0.3 is 15.0 Å². The van der Waals surface area contributed by atoms with E-state index < -0.39 is 5.41 Å². The molecule has 0 aliphatic carbocycles. The fraction of sp³-hybridized carbons (Fsp3) is 0.308. The van der Waals surface area contributed by atoms with Crippen LogP contribution in [0.5, 0.6) is 5.75 Å².